The predicted octanol–water partition coefficient (Wildman–Crippen LogP) is 1.69. The van der Waals surface area contributed by atoms with E-state index in [4.69, 9.17) is 5.11 Å². The summed E-state index contributed by atoms with van der Waals surface area (Å²) < 4.78 is 0. The molecule has 0 saturated carbocycles. The molecule has 0 bridgehead atoms. The highest BCUT2D eigenvalue weighted by molar-refractivity contribution is 5.79. The number of aliphatic carboxylic acids is 1. The zero-order chi connectivity index (χ0) is 13.5. The van der Waals surface area contributed by atoms with Crippen LogP contribution in [0.1, 0.15) is 30.9 Å². The molecule has 1 aromatic rings. The standard InChI is InChI=1S/C13H18N2O3/c1-9(2)11-5-3-10(4-6-11)7-14-13(18)15-8-12(16)17/h3-6,9H,7-8H2,1-2H3,(H,16,17)(H2,14,15,18). The van der Waals surface area contributed by atoms with E-state index in [1.807, 2.05) is 24.3 Å². The normalized spacial score (nSPS) is 10.2. The number of amides is 2. The Hall–Kier alpha value is -2.04. The van der Waals surface area contributed by atoms with Crippen LogP contribution in [0.25, 0.3) is 0 Å². The van der Waals surface area contributed by atoms with E-state index >= 15 is 0 Å². The monoisotopic (exact) mass is 250 g/mol. The van der Waals surface area contributed by atoms with Gasteiger partial charge in [0.15, 0.2) is 0 Å². The smallest absolute Gasteiger partial charge is 0.323 e. The van der Waals surface area contributed by atoms with Gasteiger partial charge >= 0.3 is 12.0 Å². The highest BCUT2D eigenvalue weighted by atomic mass is 16.4. The molecule has 0 aliphatic carbocycles. The molecule has 1 rings (SSSR count). The molecule has 0 radical (unpaired) electrons. The minimum atomic E-state index is -1.06. The fraction of sp³-hybridized carbons (Fsp3) is 0.385. The average molecular weight is 250 g/mol. The summed E-state index contributed by atoms with van der Waals surface area (Å²) in [7, 11) is 0. The number of carbonyl (C=O) groups excluding carboxylic acids is 1. The van der Waals surface area contributed by atoms with Crippen LogP contribution >= 0.6 is 0 Å². The number of hydrogen-bond acceptors (Lipinski definition) is 2. The van der Waals surface area contributed by atoms with Gasteiger partial charge in [-0.2, -0.15) is 0 Å². The Morgan fingerprint density at radius 2 is 1.78 bits per heavy atom. The molecule has 0 fully saturated rings. The predicted molar refractivity (Wildman–Crippen MR) is 68.4 cm³/mol. The van der Waals surface area contributed by atoms with Crippen LogP contribution in [0, 0.1) is 0 Å². The lowest BCUT2D eigenvalue weighted by Gasteiger charge is -2.08. The van der Waals surface area contributed by atoms with Crippen LogP contribution in [0.3, 0.4) is 0 Å². The van der Waals surface area contributed by atoms with Gasteiger partial charge in [0.25, 0.3) is 0 Å². The molecular weight excluding hydrogens is 232 g/mol. The van der Waals surface area contributed by atoms with Crippen LogP contribution in [0.5, 0.6) is 0 Å². The van der Waals surface area contributed by atoms with Gasteiger partial charge in [0.1, 0.15) is 6.54 Å². The lowest BCUT2D eigenvalue weighted by atomic mass is 10.0. The van der Waals surface area contributed by atoms with Crippen molar-refractivity contribution < 1.29 is 14.7 Å². The second kappa shape index (κ2) is 6.64. The minimum Gasteiger partial charge on any atom is -0.480 e. The zero-order valence-electron chi connectivity index (χ0n) is 10.6. The maximum absolute atomic E-state index is 11.2. The van der Waals surface area contributed by atoms with Crippen molar-refractivity contribution in [3.05, 3.63) is 35.4 Å². The first-order chi connectivity index (χ1) is 8.49. The first-order valence-electron chi connectivity index (χ1n) is 5.81. The molecule has 1 aromatic carbocycles. The number of carboxylic acids is 1. The fourth-order valence-electron chi connectivity index (χ4n) is 1.42. The Labute approximate surface area is 106 Å². The maximum Gasteiger partial charge on any atom is 0.323 e. The van der Waals surface area contributed by atoms with Gasteiger partial charge < -0.3 is 15.7 Å². The molecule has 0 spiro atoms. The molecule has 3 N–H and O–H groups in total. The molecule has 18 heavy (non-hydrogen) atoms. The third-order valence-electron chi connectivity index (χ3n) is 2.50. The third-order valence-corrected chi connectivity index (χ3v) is 2.50. The van der Waals surface area contributed by atoms with Gasteiger partial charge in [-0.15, -0.1) is 0 Å². The Kier molecular flexibility index (Phi) is 5.17. The van der Waals surface area contributed by atoms with Gasteiger partial charge in [0.05, 0.1) is 0 Å². The van der Waals surface area contributed by atoms with Crippen molar-refractivity contribution in [3.8, 4) is 0 Å². The molecule has 5 nitrogen and oxygen atoms in total. The topological polar surface area (TPSA) is 78.4 Å². The van der Waals surface area contributed by atoms with Crippen molar-refractivity contribution in [2.45, 2.75) is 26.3 Å². The number of urea groups is 1. The molecule has 0 aromatic heterocycles. The van der Waals surface area contributed by atoms with Crippen LogP contribution < -0.4 is 10.6 Å². The number of benzene rings is 1. The van der Waals surface area contributed by atoms with Gasteiger partial charge in [0, 0.05) is 6.54 Å². The Balaban J connectivity index is 2.39. The highest BCUT2D eigenvalue weighted by Gasteiger charge is 2.03. The quantitative estimate of drug-likeness (QED) is 0.744. The van der Waals surface area contributed by atoms with E-state index in [0.29, 0.717) is 12.5 Å². The highest BCUT2D eigenvalue weighted by Crippen LogP contribution is 2.14. The SMILES string of the molecule is CC(C)c1ccc(CNC(=O)NCC(=O)O)cc1. The molecule has 0 heterocycles. The maximum atomic E-state index is 11.2. The second-order valence-electron chi connectivity index (χ2n) is 4.33. The van der Waals surface area contributed by atoms with Crippen molar-refractivity contribution in [1.82, 2.24) is 10.6 Å². The summed E-state index contributed by atoms with van der Waals surface area (Å²) in [4.78, 5) is 21.4. The minimum absolute atomic E-state index is 0.377. The van der Waals surface area contributed by atoms with E-state index in [2.05, 4.69) is 24.5 Å². The van der Waals surface area contributed by atoms with Gasteiger partial charge in [-0.3, -0.25) is 4.79 Å². The Bertz CT molecular complexity index is 413. The summed E-state index contributed by atoms with van der Waals surface area (Å²) >= 11 is 0. The second-order valence-corrected chi connectivity index (χ2v) is 4.33. The summed E-state index contributed by atoms with van der Waals surface area (Å²) in [5, 5.41) is 13.2. The van der Waals surface area contributed by atoms with Crippen molar-refractivity contribution >= 4 is 12.0 Å². The Morgan fingerprint density at radius 3 is 2.28 bits per heavy atom. The van der Waals surface area contributed by atoms with Gasteiger partial charge in [-0.25, -0.2) is 4.79 Å². The fourth-order valence-corrected chi connectivity index (χ4v) is 1.42. The van der Waals surface area contributed by atoms with Crippen LogP contribution in [0.15, 0.2) is 24.3 Å². The lowest BCUT2D eigenvalue weighted by Crippen LogP contribution is -2.37. The molecule has 0 aliphatic heterocycles. The lowest BCUT2D eigenvalue weighted by molar-refractivity contribution is -0.135. The van der Waals surface area contributed by atoms with E-state index in [1.54, 1.807) is 0 Å². The summed E-state index contributed by atoms with van der Waals surface area (Å²) in [6.45, 7) is 4.24. The molecule has 2 amide bonds. The summed E-state index contributed by atoms with van der Waals surface area (Å²) in [5.41, 5.74) is 2.22. The molecule has 0 atom stereocenters. The first kappa shape index (κ1) is 14.0. The van der Waals surface area contributed by atoms with Crippen molar-refractivity contribution in [2.24, 2.45) is 0 Å². The van der Waals surface area contributed by atoms with Crippen LogP contribution in [-0.2, 0) is 11.3 Å². The van der Waals surface area contributed by atoms with Crippen LogP contribution in [-0.4, -0.2) is 23.7 Å². The molecule has 0 aliphatic rings. The average Bonchev–Trinajstić information content (AvgIpc) is 2.34. The van der Waals surface area contributed by atoms with E-state index < -0.39 is 12.0 Å². The Morgan fingerprint density at radius 1 is 1.17 bits per heavy atom. The number of carbonyl (C=O) groups is 2. The van der Waals surface area contributed by atoms with Gasteiger partial charge in [-0.05, 0) is 17.0 Å². The van der Waals surface area contributed by atoms with E-state index in [-0.39, 0.29) is 6.54 Å². The van der Waals surface area contributed by atoms with Crippen molar-refractivity contribution in [3.63, 3.8) is 0 Å². The summed E-state index contributed by atoms with van der Waals surface area (Å²) in [6, 6.07) is 7.47. The number of nitrogens with one attached hydrogen (secondary N) is 2. The van der Waals surface area contributed by atoms with E-state index in [9.17, 15) is 9.59 Å². The molecular formula is C13H18N2O3. The molecule has 98 valence electrons. The molecule has 5 heteroatoms. The van der Waals surface area contributed by atoms with Crippen LogP contribution in [0.2, 0.25) is 0 Å². The molecule has 0 saturated heterocycles. The zero-order valence-corrected chi connectivity index (χ0v) is 10.6. The summed E-state index contributed by atoms with van der Waals surface area (Å²) in [5.74, 6) is -0.586. The number of hydrogen-bond donors (Lipinski definition) is 3. The number of carboxylic acid groups (broad SMARTS) is 1. The van der Waals surface area contributed by atoms with Gasteiger partial charge in [0.2, 0.25) is 0 Å². The van der Waals surface area contributed by atoms with Crippen molar-refractivity contribution in [2.75, 3.05) is 6.54 Å². The van der Waals surface area contributed by atoms with Crippen molar-refractivity contribution in [1.29, 1.82) is 0 Å². The summed E-state index contributed by atoms with van der Waals surface area (Å²) in [6.07, 6.45) is 0. The number of rotatable bonds is 5. The van der Waals surface area contributed by atoms with Crippen LogP contribution in [0.4, 0.5) is 4.79 Å². The molecule has 0 unspecified atom stereocenters. The van der Waals surface area contributed by atoms with Gasteiger partial charge in [-0.1, -0.05) is 38.1 Å². The van der Waals surface area contributed by atoms with E-state index in [0.717, 1.165) is 5.56 Å². The third kappa shape index (κ3) is 4.86. The largest absolute Gasteiger partial charge is 0.480 e. The first-order valence-corrected chi connectivity index (χ1v) is 5.81. The van der Waals surface area contributed by atoms with E-state index in [1.165, 1.54) is 5.56 Å².